The van der Waals surface area contributed by atoms with E-state index in [0.717, 1.165) is 35.3 Å². The number of imide groups is 1. The third kappa shape index (κ3) is 2.62. The van der Waals surface area contributed by atoms with Gasteiger partial charge in [-0.2, -0.15) is 0 Å². The van der Waals surface area contributed by atoms with E-state index in [0.29, 0.717) is 12.0 Å². The molecule has 2 atom stereocenters. The number of ketones is 1. The summed E-state index contributed by atoms with van der Waals surface area (Å²) < 4.78 is 0. The first-order chi connectivity index (χ1) is 11.3. The van der Waals surface area contributed by atoms with Crippen LogP contribution in [0.3, 0.4) is 0 Å². The summed E-state index contributed by atoms with van der Waals surface area (Å²) in [7, 11) is 0. The van der Waals surface area contributed by atoms with Crippen LogP contribution < -0.4 is 5.32 Å². The van der Waals surface area contributed by atoms with E-state index >= 15 is 0 Å². The Morgan fingerprint density at radius 3 is 2.75 bits per heavy atom. The molecule has 1 spiro atoms. The van der Waals surface area contributed by atoms with Crippen LogP contribution in [-0.4, -0.2) is 34.7 Å². The van der Waals surface area contributed by atoms with E-state index in [1.54, 1.807) is 0 Å². The highest BCUT2D eigenvalue weighted by atomic mass is 16.2. The van der Waals surface area contributed by atoms with E-state index in [4.69, 9.17) is 0 Å². The Morgan fingerprint density at radius 2 is 2.04 bits per heavy atom. The highest BCUT2D eigenvalue weighted by Crippen LogP contribution is 2.38. The van der Waals surface area contributed by atoms with Crippen LogP contribution in [0.5, 0.6) is 0 Å². The first kappa shape index (κ1) is 16.7. The van der Waals surface area contributed by atoms with Crippen LogP contribution in [0.1, 0.15) is 54.1 Å². The molecular formula is C19H24N2O3. The highest BCUT2D eigenvalue weighted by Gasteiger charge is 2.55. The van der Waals surface area contributed by atoms with Gasteiger partial charge in [0.05, 0.1) is 6.54 Å². The zero-order valence-electron chi connectivity index (χ0n) is 14.5. The standard InChI is InChI=1S/C19H24N2O3/c1-12-7-8-13(2)15(10-12)16(22)11-21-17(23)19(20-18(21)24)9-5-4-6-14(19)3/h7-8,10,14H,4-6,9,11H2,1-3H3,(H,20,24). The second-order valence-corrected chi connectivity index (χ2v) is 7.18. The average Bonchev–Trinajstić information content (AvgIpc) is 2.78. The van der Waals surface area contributed by atoms with E-state index in [2.05, 4.69) is 5.32 Å². The minimum atomic E-state index is -0.808. The molecule has 1 aliphatic carbocycles. The van der Waals surface area contributed by atoms with Crippen molar-refractivity contribution in [3.8, 4) is 0 Å². The predicted molar refractivity (Wildman–Crippen MR) is 90.9 cm³/mol. The number of benzene rings is 1. The molecule has 2 unspecified atom stereocenters. The summed E-state index contributed by atoms with van der Waals surface area (Å²) in [5.74, 6) is -0.331. The number of rotatable bonds is 3. The fourth-order valence-corrected chi connectivity index (χ4v) is 3.90. The number of nitrogens with one attached hydrogen (secondary N) is 1. The van der Waals surface area contributed by atoms with Crippen LogP contribution in [0.2, 0.25) is 0 Å². The van der Waals surface area contributed by atoms with Gasteiger partial charge in [-0.15, -0.1) is 0 Å². The predicted octanol–water partition coefficient (Wildman–Crippen LogP) is 2.99. The van der Waals surface area contributed by atoms with Crippen LogP contribution in [0.25, 0.3) is 0 Å². The lowest BCUT2D eigenvalue weighted by Crippen LogP contribution is -2.54. The Balaban J connectivity index is 1.82. The van der Waals surface area contributed by atoms with Crippen LogP contribution in [0, 0.1) is 19.8 Å². The molecule has 3 rings (SSSR count). The third-order valence-corrected chi connectivity index (χ3v) is 5.50. The van der Waals surface area contributed by atoms with Gasteiger partial charge in [-0.3, -0.25) is 14.5 Å². The van der Waals surface area contributed by atoms with E-state index in [9.17, 15) is 14.4 Å². The van der Waals surface area contributed by atoms with Gasteiger partial charge in [-0.25, -0.2) is 4.79 Å². The van der Waals surface area contributed by atoms with Crippen molar-refractivity contribution >= 4 is 17.7 Å². The molecule has 1 aliphatic heterocycles. The molecule has 24 heavy (non-hydrogen) atoms. The first-order valence-electron chi connectivity index (χ1n) is 8.60. The van der Waals surface area contributed by atoms with E-state index < -0.39 is 11.6 Å². The van der Waals surface area contributed by atoms with Gasteiger partial charge in [0.1, 0.15) is 5.54 Å². The summed E-state index contributed by atoms with van der Waals surface area (Å²) in [6.07, 6.45) is 3.58. The molecule has 2 fully saturated rings. The fraction of sp³-hybridized carbons (Fsp3) is 0.526. The molecule has 1 saturated heterocycles. The second kappa shape index (κ2) is 6.04. The maximum absolute atomic E-state index is 12.9. The van der Waals surface area contributed by atoms with Gasteiger partial charge in [0, 0.05) is 5.56 Å². The number of hydrogen-bond donors (Lipinski definition) is 1. The Hall–Kier alpha value is -2.17. The van der Waals surface area contributed by atoms with Crippen LogP contribution in [0.4, 0.5) is 4.79 Å². The number of aryl methyl sites for hydroxylation is 2. The first-order valence-corrected chi connectivity index (χ1v) is 8.60. The molecule has 5 nitrogen and oxygen atoms in total. The number of carbonyl (C=O) groups is 3. The van der Waals surface area contributed by atoms with E-state index in [1.165, 1.54) is 0 Å². The maximum Gasteiger partial charge on any atom is 0.325 e. The van der Waals surface area contributed by atoms with Crippen molar-refractivity contribution in [2.24, 2.45) is 5.92 Å². The molecular weight excluding hydrogens is 304 g/mol. The molecule has 3 amide bonds. The van der Waals surface area contributed by atoms with Gasteiger partial charge < -0.3 is 5.32 Å². The molecule has 1 saturated carbocycles. The summed E-state index contributed by atoms with van der Waals surface area (Å²) in [4.78, 5) is 39.0. The molecule has 5 heteroatoms. The van der Waals surface area contributed by atoms with E-state index in [1.807, 2.05) is 39.0 Å². The summed E-state index contributed by atoms with van der Waals surface area (Å²) in [6, 6.07) is 5.21. The van der Waals surface area contributed by atoms with Crippen LogP contribution in [0.15, 0.2) is 18.2 Å². The Labute approximate surface area is 142 Å². The Morgan fingerprint density at radius 1 is 1.29 bits per heavy atom. The minimum absolute atomic E-state index is 0.100. The molecule has 128 valence electrons. The molecule has 2 aliphatic rings. The number of hydrogen-bond acceptors (Lipinski definition) is 3. The molecule has 1 N–H and O–H groups in total. The normalized spacial score (nSPS) is 26.8. The van der Waals surface area contributed by atoms with Crippen molar-refractivity contribution in [3.05, 3.63) is 34.9 Å². The minimum Gasteiger partial charge on any atom is -0.323 e. The number of urea groups is 1. The van der Waals surface area contributed by atoms with Crippen molar-refractivity contribution in [1.29, 1.82) is 0 Å². The fourth-order valence-electron chi connectivity index (χ4n) is 3.90. The van der Waals surface area contributed by atoms with Crippen LogP contribution >= 0.6 is 0 Å². The SMILES string of the molecule is Cc1ccc(C)c(C(=O)CN2C(=O)NC3(CCCCC3C)C2=O)c1. The molecule has 1 aromatic carbocycles. The number of nitrogens with zero attached hydrogens (tertiary/aromatic N) is 1. The van der Waals surface area contributed by atoms with Crippen molar-refractivity contribution in [2.45, 2.75) is 52.0 Å². The highest BCUT2D eigenvalue weighted by molar-refractivity contribution is 6.11. The van der Waals surface area contributed by atoms with E-state index in [-0.39, 0.29) is 24.2 Å². The lowest BCUT2D eigenvalue weighted by atomic mass is 9.73. The smallest absolute Gasteiger partial charge is 0.323 e. The monoisotopic (exact) mass is 328 g/mol. The van der Waals surface area contributed by atoms with Gasteiger partial charge in [-0.1, -0.05) is 37.5 Å². The average molecular weight is 328 g/mol. The van der Waals surface area contributed by atoms with Gasteiger partial charge in [-0.05, 0) is 44.2 Å². The zero-order chi connectivity index (χ0) is 17.5. The summed E-state index contributed by atoms with van der Waals surface area (Å²) >= 11 is 0. The number of carbonyl (C=O) groups excluding carboxylic acids is 3. The zero-order valence-corrected chi connectivity index (χ0v) is 14.5. The number of amides is 3. The molecule has 0 radical (unpaired) electrons. The quantitative estimate of drug-likeness (QED) is 0.685. The lowest BCUT2D eigenvalue weighted by Gasteiger charge is -2.36. The molecule has 0 aromatic heterocycles. The maximum atomic E-state index is 12.9. The number of Topliss-reactive ketones (excluding diaryl/α,β-unsaturated/α-hetero) is 1. The van der Waals surface area contributed by atoms with Gasteiger partial charge in [0.25, 0.3) is 5.91 Å². The van der Waals surface area contributed by atoms with Crippen molar-refractivity contribution < 1.29 is 14.4 Å². The van der Waals surface area contributed by atoms with Gasteiger partial charge in [0.15, 0.2) is 5.78 Å². The molecule has 1 heterocycles. The molecule has 1 aromatic rings. The summed E-state index contributed by atoms with van der Waals surface area (Å²) in [5.41, 5.74) is 1.61. The summed E-state index contributed by atoms with van der Waals surface area (Å²) in [6.45, 7) is 5.60. The summed E-state index contributed by atoms with van der Waals surface area (Å²) in [5, 5.41) is 2.89. The van der Waals surface area contributed by atoms with Crippen molar-refractivity contribution in [1.82, 2.24) is 10.2 Å². The molecule has 0 bridgehead atoms. The Kier molecular flexibility index (Phi) is 4.20. The Bertz CT molecular complexity index is 713. The topological polar surface area (TPSA) is 66.5 Å². The lowest BCUT2D eigenvalue weighted by molar-refractivity contribution is -0.133. The van der Waals surface area contributed by atoms with Crippen molar-refractivity contribution in [3.63, 3.8) is 0 Å². The largest absolute Gasteiger partial charge is 0.325 e. The second-order valence-electron chi connectivity index (χ2n) is 7.18. The van der Waals surface area contributed by atoms with Crippen LogP contribution in [-0.2, 0) is 4.79 Å². The third-order valence-electron chi connectivity index (χ3n) is 5.50. The van der Waals surface area contributed by atoms with Gasteiger partial charge >= 0.3 is 6.03 Å². The van der Waals surface area contributed by atoms with Crippen molar-refractivity contribution in [2.75, 3.05) is 6.54 Å². The van der Waals surface area contributed by atoms with Gasteiger partial charge in [0.2, 0.25) is 0 Å².